The van der Waals surface area contributed by atoms with Crippen molar-refractivity contribution in [3.63, 3.8) is 0 Å². The van der Waals surface area contributed by atoms with Crippen LogP contribution in [-0.2, 0) is 13.1 Å². The molecule has 0 atom stereocenters. The average Bonchev–Trinajstić information content (AvgIpc) is 2.84. The largest absolute Gasteiger partial charge is 0.467 e. The summed E-state index contributed by atoms with van der Waals surface area (Å²) in [4.78, 5) is 2.03. The third-order valence-electron chi connectivity index (χ3n) is 3.19. The summed E-state index contributed by atoms with van der Waals surface area (Å²) in [5.41, 5.74) is 2.18. The van der Waals surface area contributed by atoms with Gasteiger partial charge in [-0.2, -0.15) is 0 Å². The van der Waals surface area contributed by atoms with Gasteiger partial charge in [-0.3, -0.25) is 0 Å². The van der Waals surface area contributed by atoms with Gasteiger partial charge < -0.3 is 14.6 Å². The molecule has 0 saturated carbocycles. The number of rotatable bonds is 5. The lowest BCUT2D eigenvalue weighted by molar-refractivity contribution is 0.422. The Hall–Kier alpha value is -1.81. The van der Waals surface area contributed by atoms with Crippen LogP contribution in [-0.4, -0.2) is 12.6 Å². The zero-order valence-corrected chi connectivity index (χ0v) is 13.1. The first-order valence-electron chi connectivity index (χ1n) is 7.11. The Labute approximate surface area is 125 Å². The fraction of sp³-hybridized carbons (Fsp3) is 0.412. The number of hydrogen-bond acceptors (Lipinski definition) is 3. The van der Waals surface area contributed by atoms with Crippen molar-refractivity contribution >= 4 is 5.69 Å². The predicted octanol–water partition coefficient (Wildman–Crippen LogP) is 3.94. The highest BCUT2D eigenvalue weighted by atomic mass is 19.1. The van der Waals surface area contributed by atoms with Gasteiger partial charge in [-0.05, 0) is 51.1 Å². The van der Waals surface area contributed by atoms with E-state index in [2.05, 4.69) is 32.2 Å². The van der Waals surface area contributed by atoms with Gasteiger partial charge in [0, 0.05) is 30.4 Å². The second kappa shape index (κ2) is 6.31. The summed E-state index contributed by atoms with van der Waals surface area (Å²) in [5, 5.41) is 3.43. The Kier molecular flexibility index (Phi) is 4.68. The third kappa shape index (κ3) is 4.90. The fourth-order valence-electron chi connectivity index (χ4n) is 1.99. The van der Waals surface area contributed by atoms with E-state index in [0.29, 0.717) is 6.54 Å². The SMILES string of the molecule is CN(Cc1cc(CNC(C)(C)C)co1)c1ccc(F)cc1. The van der Waals surface area contributed by atoms with E-state index >= 15 is 0 Å². The maximum atomic E-state index is 12.9. The minimum atomic E-state index is -0.222. The van der Waals surface area contributed by atoms with Crippen LogP contribution in [0, 0.1) is 5.82 Å². The van der Waals surface area contributed by atoms with Crippen molar-refractivity contribution in [1.29, 1.82) is 0 Å². The second-order valence-electron chi connectivity index (χ2n) is 6.36. The first kappa shape index (κ1) is 15.6. The Morgan fingerprint density at radius 1 is 1.19 bits per heavy atom. The van der Waals surface area contributed by atoms with Crippen molar-refractivity contribution in [3.8, 4) is 0 Å². The van der Waals surface area contributed by atoms with Crippen LogP contribution in [0.5, 0.6) is 0 Å². The summed E-state index contributed by atoms with van der Waals surface area (Å²) in [6, 6.07) is 8.51. The maximum Gasteiger partial charge on any atom is 0.123 e. The molecule has 1 N–H and O–H groups in total. The molecule has 0 bridgehead atoms. The van der Waals surface area contributed by atoms with E-state index in [-0.39, 0.29) is 11.4 Å². The van der Waals surface area contributed by atoms with Gasteiger partial charge in [-0.1, -0.05) is 0 Å². The van der Waals surface area contributed by atoms with E-state index in [0.717, 1.165) is 23.6 Å². The molecule has 0 aliphatic heterocycles. The quantitative estimate of drug-likeness (QED) is 0.904. The maximum absolute atomic E-state index is 12.9. The zero-order valence-electron chi connectivity index (χ0n) is 13.1. The van der Waals surface area contributed by atoms with Crippen molar-refractivity contribution in [3.05, 3.63) is 53.7 Å². The van der Waals surface area contributed by atoms with Gasteiger partial charge in [-0.25, -0.2) is 4.39 Å². The van der Waals surface area contributed by atoms with Gasteiger partial charge in [0.05, 0.1) is 12.8 Å². The van der Waals surface area contributed by atoms with Crippen molar-refractivity contribution in [2.75, 3.05) is 11.9 Å². The molecule has 21 heavy (non-hydrogen) atoms. The Morgan fingerprint density at radius 3 is 2.48 bits per heavy atom. The normalized spacial score (nSPS) is 11.7. The molecule has 0 saturated heterocycles. The number of furan rings is 1. The Bertz CT molecular complexity index is 569. The van der Waals surface area contributed by atoms with Crippen LogP contribution < -0.4 is 10.2 Å². The Morgan fingerprint density at radius 2 is 1.86 bits per heavy atom. The summed E-state index contributed by atoms with van der Waals surface area (Å²) >= 11 is 0. The molecule has 2 rings (SSSR count). The molecule has 1 aromatic carbocycles. The number of benzene rings is 1. The van der Waals surface area contributed by atoms with Crippen LogP contribution in [0.15, 0.2) is 41.0 Å². The molecule has 4 heteroatoms. The van der Waals surface area contributed by atoms with Crippen LogP contribution in [0.3, 0.4) is 0 Å². The first-order valence-corrected chi connectivity index (χ1v) is 7.11. The van der Waals surface area contributed by atoms with Crippen LogP contribution in [0.4, 0.5) is 10.1 Å². The average molecular weight is 290 g/mol. The lowest BCUT2D eigenvalue weighted by Crippen LogP contribution is -2.34. The summed E-state index contributed by atoms with van der Waals surface area (Å²) in [5.74, 6) is 0.674. The van der Waals surface area contributed by atoms with E-state index in [4.69, 9.17) is 4.42 Å². The molecule has 1 aromatic heterocycles. The molecular formula is C17H23FN2O. The molecule has 114 valence electrons. The summed E-state index contributed by atoms with van der Waals surface area (Å²) in [7, 11) is 1.96. The van der Waals surface area contributed by atoms with E-state index in [1.165, 1.54) is 12.1 Å². The zero-order chi connectivity index (χ0) is 15.5. The smallest absolute Gasteiger partial charge is 0.123 e. The van der Waals surface area contributed by atoms with Gasteiger partial charge in [0.25, 0.3) is 0 Å². The van der Waals surface area contributed by atoms with Crippen molar-refractivity contribution in [2.24, 2.45) is 0 Å². The monoisotopic (exact) mass is 290 g/mol. The molecule has 0 radical (unpaired) electrons. The molecule has 0 spiro atoms. The fourth-order valence-corrected chi connectivity index (χ4v) is 1.99. The predicted molar refractivity (Wildman–Crippen MR) is 83.8 cm³/mol. The van der Waals surface area contributed by atoms with Crippen molar-refractivity contribution < 1.29 is 8.81 Å². The summed E-state index contributed by atoms with van der Waals surface area (Å²) in [6.07, 6.45) is 1.78. The molecule has 0 fully saturated rings. The standard InChI is InChI=1S/C17H23FN2O/c1-17(2,3)19-10-13-9-16(21-12-13)11-20(4)15-7-5-14(18)6-8-15/h5-9,12,19H,10-11H2,1-4H3. The van der Waals surface area contributed by atoms with Crippen LogP contribution >= 0.6 is 0 Å². The number of hydrogen-bond donors (Lipinski definition) is 1. The van der Waals surface area contributed by atoms with E-state index in [9.17, 15) is 4.39 Å². The van der Waals surface area contributed by atoms with Gasteiger partial charge in [-0.15, -0.1) is 0 Å². The van der Waals surface area contributed by atoms with Gasteiger partial charge >= 0.3 is 0 Å². The lowest BCUT2D eigenvalue weighted by atomic mass is 10.1. The van der Waals surface area contributed by atoms with Crippen LogP contribution in [0.25, 0.3) is 0 Å². The number of anilines is 1. The molecule has 0 aliphatic carbocycles. The number of nitrogens with one attached hydrogen (secondary N) is 1. The molecule has 2 aromatic rings. The van der Waals surface area contributed by atoms with Crippen LogP contribution in [0.1, 0.15) is 32.1 Å². The molecule has 0 aliphatic rings. The summed E-state index contributed by atoms with van der Waals surface area (Å²) < 4.78 is 18.5. The summed E-state index contributed by atoms with van der Waals surface area (Å²) in [6.45, 7) is 7.84. The van der Waals surface area contributed by atoms with E-state index in [1.807, 2.05) is 11.9 Å². The molecule has 3 nitrogen and oxygen atoms in total. The number of nitrogens with zero attached hydrogens (tertiary/aromatic N) is 1. The molecular weight excluding hydrogens is 267 g/mol. The highest BCUT2D eigenvalue weighted by molar-refractivity contribution is 5.45. The van der Waals surface area contributed by atoms with Gasteiger partial charge in [0.15, 0.2) is 0 Å². The van der Waals surface area contributed by atoms with Crippen molar-refractivity contribution in [1.82, 2.24) is 5.32 Å². The molecule has 0 amide bonds. The van der Waals surface area contributed by atoms with Crippen molar-refractivity contribution in [2.45, 2.75) is 39.4 Å². The molecule has 1 heterocycles. The highest BCUT2D eigenvalue weighted by Gasteiger charge is 2.11. The molecule has 0 unspecified atom stereocenters. The topological polar surface area (TPSA) is 28.4 Å². The highest BCUT2D eigenvalue weighted by Crippen LogP contribution is 2.17. The van der Waals surface area contributed by atoms with Gasteiger partial charge in [0.2, 0.25) is 0 Å². The first-order chi connectivity index (χ1) is 9.83. The van der Waals surface area contributed by atoms with Gasteiger partial charge in [0.1, 0.15) is 11.6 Å². The minimum absolute atomic E-state index is 0.0857. The lowest BCUT2D eigenvalue weighted by Gasteiger charge is -2.19. The van der Waals surface area contributed by atoms with E-state index < -0.39 is 0 Å². The Balaban J connectivity index is 1.94. The number of halogens is 1. The third-order valence-corrected chi connectivity index (χ3v) is 3.19. The van der Waals surface area contributed by atoms with E-state index in [1.54, 1.807) is 18.4 Å². The second-order valence-corrected chi connectivity index (χ2v) is 6.36. The van der Waals surface area contributed by atoms with Crippen LogP contribution in [0.2, 0.25) is 0 Å². The minimum Gasteiger partial charge on any atom is -0.467 e.